The zero-order valence-electron chi connectivity index (χ0n) is 16.6. The zero-order valence-corrected chi connectivity index (χ0v) is 16.6. The molecule has 0 aliphatic rings. The van der Waals surface area contributed by atoms with Crippen LogP contribution in [0.2, 0.25) is 0 Å². The molecule has 0 aliphatic carbocycles. The fourth-order valence-electron chi connectivity index (χ4n) is 2.73. The topological polar surface area (TPSA) is 96.0 Å². The van der Waals surface area contributed by atoms with Crippen LogP contribution in [-0.4, -0.2) is 21.8 Å². The van der Waals surface area contributed by atoms with Crippen LogP contribution in [0.15, 0.2) is 54.6 Å². The standard InChI is InChI=1S/C22H23N5O2/c1-4-16-5-7-18(8-6-16)25-21(29)20-13-14(2)23-22(27-20)26-19-11-9-17(10-12-19)24-15(3)28/h5-13H,4H2,1-3H3,(H,24,28)(H,25,29)(H,23,26,27). The molecule has 3 N–H and O–H groups in total. The average Bonchev–Trinajstić information content (AvgIpc) is 2.69. The lowest BCUT2D eigenvalue weighted by atomic mass is 10.1. The first-order valence-corrected chi connectivity index (χ1v) is 9.33. The van der Waals surface area contributed by atoms with E-state index in [-0.39, 0.29) is 17.5 Å². The van der Waals surface area contributed by atoms with Gasteiger partial charge in [-0.3, -0.25) is 9.59 Å². The van der Waals surface area contributed by atoms with E-state index >= 15 is 0 Å². The molecule has 0 unspecified atom stereocenters. The molecule has 0 saturated heterocycles. The Morgan fingerprint density at radius 2 is 1.45 bits per heavy atom. The summed E-state index contributed by atoms with van der Waals surface area (Å²) in [5.41, 5.74) is 4.30. The van der Waals surface area contributed by atoms with Crippen LogP contribution in [0.1, 0.15) is 35.6 Å². The van der Waals surface area contributed by atoms with Crippen LogP contribution >= 0.6 is 0 Å². The van der Waals surface area contributed by atoms with Crippen molar-refractivity contribution in [2.24, 2.45) is 0 Å². The van der Waals surface area contributed by atoms with Gasteiger partial charge < -0.3 is 16.0 Å². The van der Waals surface area contributed by atoms with E-state index in [1.54, 1.807) is 37.3 Å². The Bertz CT molecular complexity index is 1010. The minimum absolute atomic E-state index is 0.132. The van der Waals surface area contributed by atoms with Gasteiger partial charge in [0.25, 0.3) is 5.91 Å². The molecule has 0 spiro atoms. The van der Waals surface area contributed by atoms with Crippen LogP contribution in [0.25, 0.3) is 0 Å². The third-order valence-electron chi connectivity index (χ3n) is 4.17. The lowest BCUT2D eigenvalue weighted by Gasteiger charge is -2.10. The number of aromatic nitrogens is 2. The first kappa shape index (κ1) is 20.0. The molecule has 0 fully saturated rings. The average molecular weight is 389 g/mol. The number of anilines is 4. The maximum Gasteiger partial charge on any atom is 0.274 e. The molecule has 3 aromatic rings. The normalized spacial score (nSPS) is 10.3. The van der Waals surface area contributed by atoms with Crippen molar-refractivity contribution in [3.05, 3.63) is 71.5 Å². The van der Waals surface area contributed by atoms with Crippen LogP contribution in [0, 0.1) is 6.92 Å². The number of hydrogen-bond acceptors (Lipinski definition) is 5. The van der Waals surface area contributed by atoms with Crippen LogP contribution in [-0.2, 0) is 11.2 Å². The maximum absolute atomic E-state index is 12.6. The Hall–Kier alpha value is -3.74. The van der Waals surface area contributed by atoms with Gasteiger partial charge in [0, 0.05) is 29.7 Å². The molecule has 2 amide bonds. The summed E-state index contributed by atoms with van der Waals surface area (Å²) in [5, 5.41) is 8.65. The number of rotatable bonds is 6. The zero-order chi connectivity index (χ0) is 20.8. The van der Waals surface area contributed by atoms with E-state index in [9.17, 15) is 9.59 Å². The summed E-state index contributed by atoms with van der Waals surface area (Å²) in [6, 6.07) is 16.5. The number of nitrogens with zero attached hydrogens (tertiary/aromatic N) is 2. The summed E-state index contributed by atoms with van der Waals surface area (Å²) in [6.45, 7) is 5.34. The lowest BCUT2D eigenvalue weighted by Crippen LogP contribution is -2.15. The SMILES string of the molecule is CCc1ccc(NC(=O)c2cc(C)nc(Nc3ccc(NC(C)=O)cc3)n2)cc1. The largest absolute Gasteiger partial charge is 0.326 e. The van der Waals surface area contributed by atoms with Crippen molar-refractivity contribution in [2.45, 2.75) is 27.2 Å². The van der Waals surface area contributed by atoms with E-state index in [0.29, 0.717) is 23.0 Å². The molecular formula is C22H23N5O2. The van der Waals surface area contributed by atoms with Crippen molar-refractivity contribution in [3.63, 3.8) is 0 Å². The summed E-state index contributed by atoms with van der Waals surface area (Å²) in [5.74, 6) is -0.111. The number of aryl methyl sites for hydroxylation is 2. The third-order valence-corrected chi connectivity index (χ3v) is 4.17. The van der Waals surface area contributed by atoms with E-state index < -0.39 is 0 Å². The summed E-state index contributed by atoms with van der Waals surface area (Å²) >= 11 is 0. The number of hydrogen-bond donors (Lipinski definition) is 3. The number of nitrogens with one attached hydrogen (secondary N) is 3. The molecule has 148 valence electrons. The molecule has 3 rings (SSSR count). The number of carbonyl (C=O) groups excluding carboxylic acids is 2. The second-order valence-electron chi connectivity index (χ2n) is 6.61. The van der Waals surface area contributed by atoms with Crippen LogP contribution in [0.5, 0.6) is 0 Å². The molecule has 0 saturated carbocycles. The van der Waals surface area contributed by atoms with Crippen molar-refractivity contribution in [1.29, 1.82) is 0 Å². The molecule has 0 aliphatic heterocycles. The van der Waals surface area contributed by atoms with Gasteiger partial charge in [0.15, 0.2) is 0 Å². The van der Waals surface area contributed by atoms with Gasteiger partial charge in [0.2, 0.25) is 11.9 Å². The summed E-state index contributed by atoms with van der Waals surface area (Å²) < 4.78 is 0. The van der Waals surface area contributed by atoms with Gasteiger partial charge in [-0.05, 0) is 61.4 Å². The number of amides is 2. The highest BCUT2D eigenvalue weighted by molar-refractivity contribution is 6.03. The molecule has 7 heteroatoms. The highest BCUT2D eigenvalue weighted by Crippen LogP contribution is 2.18. The number of benzene rings is 2. The summed E-state index contributed by atoms with van der Waals surface area (Å²) in [4.78, 5) is 32.4. The van der Waals surface area contributed by atoms with E-state index in [4.69, 9.17) is 0 Å². The fourth-order valence-corrected chi connectivity index (χ4v) is 2.73. The molecule has 0 radical (unpaired) electrons. The van der Waals surface area contributed by atoms with E-state index in [0.717, 1.165) is 12.1 Å². The number of carbonyl (C=O) groups is 2. The Morgan fingerprint density at radius 3 is 2.07 bits per heavy atom. The van der Waals surface area contributed by atoms with E-state index in [1.807, 2.05) is 24.3 Å². The van der Waals surface area contributed by atoms with Crippen molar-refractivity contribution >= 4 is 34.8 Å². The van der Waals surface area contributed by atoms with Gasteiger partial charge in [-0.2, -0.15) is 0 Å². The van der Waals surface area contributed by atoms with E-state index in [2.05, 4.69) is 32.8 Å². The second kappa shape index (κ2) is 8.97. The molecule has 1 heterocycles. The van der Waals surface area contributed by atoms with Crippen molar-refractivity contribution in [2.75, 3.05) is 16.0 Å². The molecule has 0 atom stereocenters. The van der Waals surface area contributed by atoms with Crippen molar-refractivity contribution in [3.8, 4) is 0 Å². The predicted octanol–water partition coefficient (Wildman–Crippen LogP) is 4.30. The van der Waals surface area contributed by atoms with Crippen molar-refractivity contribution < 1.29 is 9.59 Å². The van der Waals surface area contributed by atoms with Crippen LogP contribution < -0.4 is 16.0 Å². The molecule has 1 aromatic heterocycles. The molecular weight excluding hydrogens is 366 g/mol. The molecule has 29 heavy (non-hydrogen) atoms. The molecule has 2 aromatic carbocycles. The highest BCUT2D eigenvalue weighted by atomic mass is 16.2. The Morgan fingerprint density at radius 1 is 0.862 bits per heavy atom. The maximum atomic E-state index is 12.6. The lowest BCUT2D eigenvalue weighted by molar-refractivity contribution is -0.114. The monoisotopic (exact) mass is 389 g/mol. The molecule has 7 nitrogen and oxygen atoms in total. The Balaban J connectivity index is 1.73. The van der Waals surface area contributed by atoms with E-state index in [1.165, 1.54) is 12.5 Å². The van der Waals surface area contributed by atoms with Gasteiger partial charge in [-0.1, -0.05) is 19.1 Å². The van der Waals surface area contributed by atoms with Gasteiger partial charge in [-0.25, -0.2) is 9.97 Å². The van der Waals surface area contributed by atoms with Crippen molar-refractivity contribution in [1.82, 2.24) is 9.97 Å². The first-order valence-electron chi connectivity index (χ1n) is 9.33. The van der Waals surface area contributed by atoms with Gasteiger partial charge in [0.1, 0.15) is 5.69 Å². The van der Waals surface area contributed by atoms with Gasteiger partial charge in [-0.15, -0.1) is 0 Å². The van der Waals surface area contributed by atoms with Crippen LogP contribution in [0.4, 0.5) is 23.0 Å². The smallest absolute Gasteiger partial charge is 0.274 e. The van der Waals surface area contributed by atoms with Gasteiger partial charge >= 0.3 is 0 Å². The fraction of sp³-hybridized carbons (Fsp3) is 0.182. The second-order valence-corrected chi connectivity index (χ2v) is 6.61. The minimum atomic E-state index is -0.302. The van der Waals surface area contributed by atoms with Crippen LogP contribution in [0.3, 0.4) is 0 Å². The van der Waals surface area contributed by atoms with Gasteiger partial charge in [0.05, 0.1) is 0 Å². The molecule has 0 bridgehead atoms. The Kier molecular flexibility index (Phi) is 6.19. The quantitative estimate of drug-likeness (QED) is 0.584. The Labute approximate surface area is 169 Å². The first-order chi connectivity index (χ1) is 13.9. The summed E-state index contributed by atoms with van der Waals surface area (Å²) in [6.07, 6.45) is 0.945. The predicted molar refractivity (Wildman–Crippen MR) is 115 cm³/mol. The highest BCUT2D eigenvalue weighted by Gasteiger charge is 2.11. The third kappa shape index (κ3) is 5.62. The summed E-state index contributed by atoms with van der Waals surface area (Å²) in [7, 11) is 0. The minimum Gasteiger partial charge on any atom is -0.326 e.